The molecule has 0 saturated carbocycles. The van der Waals surface area contributed by atoms with Gasteiger partial charge in [-0.1, -0.05) is 18.2 Å². The molecule has 5 rings (SSSR count). The van der Waals surface area contributed by atoms with Crippen molar-refractivity contribution in [1.29, 1.82) is 0 Å². The lowest BCUT2D eigenvalue weighted by molar-refractivity contribution is -0.0857. The van der Waals surface area contributed by atoms with Crippen molar-refractivity contribution in [3.63, 3.8) is 0 Å². The SMILES string of the molecule is O=C(c1cc2ccccc2oc1=O)N1CCC2(CC1)OCCN2S(=O)(=O)c1ccc(F)cc1. The van der Waals surface area contributed by atoms with Crippen molar-refractivity contribution in [3.8, 4) is 0 Å². The Balaban J connectivity index is 1.37. The smallest absolute Gasteiger partial charge is 0.349 e. The fourth-order valence-electron chi connectivity index (χ4n) is 4.50. The molecule has 1 spiro atoms. The number of rotatable bonds is 3. The van der Waals surface area contributed by atoms with Crippen LogP contribution in [0.4, 0.5) is 4.39 Å². The number of carbonyl (C=O) groups is 1. The second-order valence-corrected chi connectivity index (χ2v) is 9.97. The van der Waals surface area contributed by atoms with Crippen molar-refractivity contribution in [2.45, 2.75) is 23.5 Å². The van der Waals surface area contributed by atoms with Crippen molar-refractivity contribution in [1.82, 2.24) is 9.21 Å². The third-order valence-corrected chi connectivity index (χ3v) is 8.19. The zero-order chi connectivity index (χ0) is 23.2. The average Bonchev–Trinajstić information content (AvgIpc) is 3.23. The molecule has 2 aliphatic heterocycles. The van der Waals surface area contributed by atoms with Crippen LogP contribution in [0.15, 0.2) is 68.7 Å². The van der Waals surface area contributed by atoms with E-state index in [1.54, 1.807) is 24.3 Å². The summed E-state index contributed by atoms with van der Waals surface area (Å²) in [4.78, 5) is 26.9. The maximum atomic E-state index is 13.3. The van der Waals surface area contributed by atoms with Gasteiger partial charge in [0, 0.05) is 37.9 Å². The zero-order valence-corrected chi connectivity index (χ0v) is 18.4. The van der Waals surface area contributed by atoms with Gasteiger partial charge < -0.3 is 14.1 Å². The largest absolute Gasteiger partial charge is 0.422 e. The number of amides is 1. The van der Waals surface area contributed by atoms with Crippen LogP contribution in [0.1, 0.15) is 23.2 Å². The molecule has 33 heavy (non-hydrogen) atoms. The van der Waals surface area contributed by atoms with Crippen molar-refractivity contribution < 1.29 is 26.8 Å². The lowest BCUT2D eigenvalue weighted by Gasteiger charge is -2.42. The van der Waals surface area contributed by atoms with E-state index in [1.165, 1.54) is 27.4 Å². The Bertz CT molecular complexity index is 1380. The topological polar surface area (TPSA) is 97.1 Å². The first-order valence-electron chi connectivity index (χ1n) is 10.5. The number of para-hydroxylation sites is 1. The molecule has 0 bridgehead atoms. The minimum atomic E-state index is -3.91. The van der Waals surface area contributed by atoms with Gasteiger partial charge in [0.2, 0.25) is 10.0 Å². The number of carbonyl (C=O) groups excluding carboxylic acids is 1. The predicted octanol–water partition coefficient (Wildman–Crippen LogP) is 2.59. The molecule has 2 saturated heterocycles. The van der Waals surface area contributed by atoms with Crippen LogP contribution < -0.4 is 5.63 Å². The highest BCUT2D eigenvalue weighted by Gasteiger charge is 2.51. The predicted molar refractivity (Wildman–Crippen MR) is 117 cm³/mol. The molecule has 0 aliphatic carbocycles. The minimum absolute atomic E-state index is 0.0129. The summed E-state index contributed by atoms with van der Waals surface area (Å²) in [7, 11) is -3.91. The van der Waals surface area contributed by atoms with Crippen molar-refractivity contribution in [3.05, 3.63) is 76.4 Å². The number of hydrogen-bond donors (Lipinski definition) is 0. The van der Waals surface area contributed by atoms with Crippen LogP contribution in [0.5, 0.6) is 0 Å². The van der Waals surface area contributed by atoms with Gasteiger partial charge in [-0.05, 0) is 36.4 Å². The zero-order valence-electron chi connectivity index (χ0n) is 17.6. The molecule has 2 aromatic carbocycles. The molecule has 1 aromatic heterocycles. The van der Waals surface area contributed by atoms with Crippen molar-refractivity contribution >= 4 is 26.9 Å². The molecule has 2 fully saturated rings. The number of sulfonamides is 1. The van der Waals surface area contributed by atoms with E-state index < -0.39 is 33.1 Å². The molecule has 0 atom stereocenters. The fourth-order valence-corrected chi connectivity index (χ4v) is 6.22. The van der Waals surface area contributed by atoms with E-state index in [1.807, 2.05) is 0 Å². The van der Waals surface area contributed by atoms with E-state index in [4.69, 9.17) is 9.15 Å². The molecule has 172 valence electrons. The summed E-state index contributed by atoms with van der Waals surface area (Å²) in [5, 5.41) is 0.643. The lowest BCUT2D eigenvalue weighted by Crippen LogP contribution is -2.55. The Hall–Kier alpha value is -3.08. The van der Waals surface area contributed by atoms with Gasteiger partial charge in [0.25, 0.3) is 5.91 Å². The van der Waals surface area contributed by atoms with Crippen molar-refractivity contribution in [2.75, 3.05) is 26.2 Å². The Morgan fingerprint density at radius 2 is 1.70 bits per heavy atom. The second-order valence-electron chi connectivity index (χ2n) is 8.10. The van der Waals surface area contributed by atoms with Gasteiger partial charge in [0.1, 0.15) is 22.7 Å². The van der Waals surface area contributed by atoms with E-state index in [2.05, 4.69) is 0 Å². The molecular weight excluding hydrogens is 451 g/mol. The third-order valence-electron chi connectivity index (χ3n) is 6.23. The highest BCUT2D eigenvalue weighted by atomic mass is 32.2. The third kappa shape index (κ3) is 3.73. The van der Waals surface area contributed by atoms with Crippen LogP contribution in [0, 0.1) is 5.82 Å². The van der Waals surface area contributed by atoms with Gasteiger partial charge in [-0.2, -0.15) is 4.31 Å². The first kappa shape index (κ1) is 21.7. The Morgan fingerprint density at radius 3 is 2.42 bits per heavy atom. The molecule has 3 heterocycles. The molecule has 1 amide bonds. The van der Waals surface area contributed by atoms with E-state index in [0.717, 1.165) is 12.1 Å². The fraction of sp³-hybridized carbons (Fsp3) is 0.304. The van der Waals surface area contributed by atoms with E-state index in [9.17, 15) is 22.4 Å². The summed E-state index contributed by atoms with van der Waals surface area (Å²) in [6.45, 7) is 0.811. The molecule has 8 nitrogen and oxygen atoms in total. The summed E-state index contributed by atoms with van der Waals surface area (Å²) in [6.07, 6.45) is 0.496. The summed E-state index contributed by atoms with van der Waals surface area (Å²) >= 11 is 0. The maximum Gasteiger partial charge on any atom is 0.349 e. The van der Waals surface area contributed by atoms with E-state index >= 15 is 0 Å². The summed E-state index contributed by atoms with van der Waals surface area (Å²) in [5.41, 5.74) is -1.46. The monoisotopic (exact) mass is 472 g/mol. The number of ether oxygens (including phenoxy) is 1. The van der Waals surface area contributed by atoms with Crippen LogP contribution in [0.3, 0.4) is 0 Å². The van der Waals surface area contributed by atoms with Gasteiger partial charge in [0.05, 0.1) is 11.5 Å². The normalized spacial score (nSPS) is 18.8. The van der Waals surface area contributed by atoms with Crippen LogP contribution >= 0.6 is 0 Å². The quantitative estimate of drug-likeness (QED) is 0.544. The highest BCUT2D eigenvalue weighted by Crippen LogP contribution is 2.38. The molecular formula is C23H21FN2O6S. The molecule has 0 unspecified atom stereocenters. The van der Waals surface area contributed by atoms with Crippen LogP contribution in [0.2, 0.25) is 0 Å². The van der Waals surface area contributed by atoms with Gasteiger partial charge >= 0.3 is 5.63 Å². The minimum Gasteiger partial charge on any atom is -0.422 e. The number of halogens is 1. The maximum absolute atomic E-state index is 13.3. The Kier molecular flexibility index (Phi) is 5.31. The molecule has 2 aliphatic rings. The standard InChI is InChI=1S/C23H21FN2O6S/c24-17-5-7-18(8-6-17)33(29,30)26-13-14-31-23(26)9-11-25(12-10-23)21(27)19-15-16-3-1-2-4-20(16)32-22(19)28/h1-8,15H,9-14H2. The summed E-state index contributed by atoms with van der Waals surface area (Å²) in [5.74, 6) is -0.985. The summed E-state index contributed by atoms with van der Waals surface area (Å²) < 4.78 is 52.2. The lowest BCUT2D eigenvalue weighted by atomic mass is 10.00. The Morgan fingerprint density at radius 1 is 1.00 bits per heavy atom. The first-order chi connectivity index (χ1) is 15.8. The first-order valence-corrected chi connectivity index (χ1v) is 12.0. The number of fused-ring (bicyclic) bond motifs is 1. The van der Waals surface area contributed by atoms with Crippen LogP contribution in [-0.2, 0) is 14.8 Å². The number of piperidine rings is 1. The van der Waals surface area contributed by atoms with Crippen LogP contribution in [-0.4, -0.2) is 55.5 Å². The van der Waals surface area contributed by atoms with Gasteiger partial charge in [0.15, 0.2) is 0 Å². The van der Waals surface area contributed by atoms with E-state index in [-0.39, 0.29) is 49.5 Å². The average molecular weight is 472 g/mol. The van der Waals surface area contributed by atoms with Gasteiger partial charge in [-0.3, -0.25) is 4.79 Å². The van der Waals surface area contributed by atoms with Gasteiger partial charge in [-0.25, -0.2) is 17.6 Å². The highest BCUT2D eigenvalue weighted by molar-refractivity contribution is 7.89. The van der Waals surface area contributed by atoms with E-state index in [0.29, 0.717) is 11.0 Å². The summed E-state index contributed by atoms with van der Waals surface area (Å²) in [6, 6.07) is 13.1. The molecule has 3 aromatic rings. The number of likely N-dealkylation sites (tertiary alicyclic amines) is 1. The van der Waals surface area contributed by atoms with Gasteiger partial charge in [-0.15, -0.1) is 0 Å². The Labute approximate surface area is 189 Å². The molecule has 0 radical (unpaired) electrons. The molecule has 10 heteroatoms. The number of benzene rings is 2. The van der Waals surface area contributed by atoms with Crippen molar-refractivity contribution in [2.24, 2.45) is 0 Å². The van der Waals surface area contributed by atoms with Crippen LogP contribution in [0.25, 0.3) is 11.0 Å². The number of nitrogens with zero attached hydrogens (tertiary/aromatic N) is 2. The molecule has 0 N–H and O–H groups in total. The number of hydrogen-bond acceptors (Lipinski definition) is 6. The second kappa shape index (κ2) is 8.05.